The first-order valence-corrected chi connectivity index (χ1v) is 8.51. The zero-order valence-corrected chi connectivity index (χ0v) is 15.9. The smallest absolute Gasteiger partial charge is 0.226 e. The SMILES string of the molecule is CCCC(=O)Nc1cccc(NC(=O)CC(N)c2ccccc2)c1C.Cl. The normalized spacial score (nSPS) is 11.2. The molecule has 2 amide bonds. The molecule has 4 N–H and O–H groups in total. The van der Waals surface area contributed by atoms with Crippen molar-refractivity contribution >= 4 is 35.6 Å². The molecular formula is C20H26ClN3O2. The highest BCUT2D eigenvalue weighted by Gasteiger charge is 2.14. The van der Waals surface area contributed by atoms with Gasteiger partial charge >= 0.3 is 0 Å². The third-order valence-corrected chi connectivity index (χ3v) is 3.99. The summed E-state index contributed by atoms with van der Waals surface area (Å²) in [6.45, 7) is 3.83. The minimum absolute atomic E-state index is 0. The molecule has 2 aromatic rings. The molecule has 0 saturated carbocycles. The van der Waals surface area contributed by atoms with E-state index in [1.165, 1.54) is 0 Å². The van der Waals surface area contributed by atoms with E-state index >= 15 is 0 Å². The summed E-state index contributed by atoms with van der Waals surface area (Å²) in [5.74, 6) is -0.184. The van der Waals surface area contributed by atoms with Crippen LogP contribution in [0.15, 0.2) is 48.5 Å². The van der Waals surface area contributed by atoms with Crippen LogP contribution in [-0.4, -0.2) is 11.8 Å². The van der Waals surface area contributed by atoms with Gasteiger partial charge in [-0.25, -0.2) is 0 Å². The highest BCUT2D eigenvalue weighted by Crippen LogP contribution is 2.24. The van der Waals surface area contributed by atoms with Crippen LogP contribution in [-0.2, 0) is 9.59 Å². The molecule has 26 heavy (non-hydrogen) atoms. The molecule has 0 radical (unpaired) electrons. The summed E-state index contributed by atoms with van der Waals surface area (Å²) in [4.78, 5) is 24.1. The van der Waals surface area contributed by atoms with Crippen LogP contribution in [0.25, 0.3) is 0 Å². The second-order valence-electron chi connectivity index (χ2n) is 6.05. The standard InChI is InChI=1S/C20H25N3O2.ClH/c1-3-8-19(24)22-17-11-7-12-18(14(17)2)23-20(25)13-16(21)15-9-5-4-6-10-15;/h4-7,9-12,16H,3,8,13,21H2,1-2H3,(H,22,24)(H,23,25);1H. The molecule has 0 heterocycles. The van der Waals surface area contributed by atoms with Gasteiger partial charge in [0.05, 0.1) is 0 Å². The molecule has 0 fully saturated rings. The Hall–Kier alpha value is -2.37. The minimum Gasteiger partial charge on any atom is -0.326 e. The van der Waals surface area contributed by atoms with E-state index in [-0.39, 0.29) is 36.7 Å². The lowest BCUT2D eigenvalue weighted by atomic mass is 10.0. The minimum atomic E-state index is -0.353. The van der Waals surface area contributed by atoms with E-state index < -0.39 is 0 Å². The largest absolute Gasteiger partial charge is 0.326 e. The number of hydrogen-bond acceptors (Lipinski definition) is 3. The van der Waals surface area contributed by atoms with Crippen LogP contribution in [0.2, 0.25) is 0 Å². The van der Waals surface area contributed by atoms with Gasteiger partial charge in [0.1, 0.15) is 0 Å². The van der Waals surface area contributed by atoms with Crippen molar-refractivity contribution < 1.29 is 9.59 Å². The Bertz CT molecular complexity index is 735. The van der Waals surface area contributed by atoms with Gasteiger partial charge in [-0.3, -0.25) is 9.59 Å². The summed E-state index contributed by atoms with van der Waals surface area (Å²) in [5, 5.41) is 5.76. The quantitative estimate of drug-likeness (QED) is 0.678. The van der Waals surface area contributed by atoms with Gasteiger partial charge in [0.25, 0.3) is 0 Å². The number of benzene rings is 2. The van der Waals surface area contributed by atoms with Crippen LogP contribution in [0.5, 0.6) is 0 Å². The average molecular weight is 376 g/mol. The van der Waals surface area contributed by atoms with E-state index in [0.29, 0.717) is 17.8 Å². The molecule has 0 aliphatic heterocycles. The summed E-state index contributed by atoms with van der Waals surface area (Å²) in [6, 6.07) is 14.6. The Labute approximate surface area is 160 Å². The van der Waals surface area contributed by atoms with Crippen LogP contribution in [0.3, 0.4) is 0 Å². The lowest BCUT2D eigenvalue weighted by Gasteiger charge is -2.15. The van der Waals surface area contributed by atoms with Crippen molar-refractivity contribution in [3.8, 4) is 0 Å². The zero-order valence-electron chi connectivity index (χ0n) is 15.1. The van der Waals surface area contributed by atoms with Crippen molar-refractivity contribution in [3.05, 3.63) is 59.7 Å². The van der Waals surface area contributed by atoms with Crippen molar-refractivity contribution in [1.82, 2.24) is 0 Å². The van der Waals surface area contributed by atoms with Crippen LogP contribution in [0.4, 0.5) is 11.4 Å². The Morgan fingerprint density at radius 1 is 0.962 bits per heavy atom. The number of nitrogens with two attached hydrogens (primary N) is 1. The van der Waals surface area contributed by atoms with Crippen LogP contribution >= 0.6 is 12.4 Å². The van der Waals surface area contributed by atoms with Gasteiger partial charge in [-0.2, -0.15) is 0 Å². The van der Waals surface area contributed by atoms with Crippen LogP contribution in [0, 0.1) is 6.92 Å². The molecule has 2 rings (SSSR count). The Kier molecular flexibility index (Phi) is 8.82. The fourth-order valence-electron chi connectivity index (χ4n) is 2.57. The lowest BCUT2D eigenvalue weighted by molar-refractivity contribution is -0.117. The number of carbonyl (C=O) groups excluding carboxylic acids is 2. The monoisotopic (exact) mass is 375 g/mol. The number of amides is 2. The van der Waals surface area contributed by atoms with E-state index in [1.54, 1.807) is 6.07 Å². The van der Waals surface area contributed by atoms with Crippen molar-refractivity contribution in [1.29, 1.82) is 0 Å². The van der Waals surface area contributed by atoms with Crippen LogP contribution < -0.4 is 16.4 Å². The van der Waals surface area contributed by atoms with E-state index in [1.807, 2.05) is 56.3 Å². The molecule has 0 aliphatic carbocycles. The topological polar surface area (TPSA) is 84.2 Å². The summed E-state index contributed by atoms with van der Waals surface area (Å²) >= 11 is 0. The van der Waals surface area contributed by atoms with E-state index in [2.05, 4.69) is 10.6 Å². The number of halogens is 1. The number of nitrogens with one attached hydrogen (secondary N) is 2. The Balaban J connectivity index is 0.00000338. The molecule has 1 unspecified atom stereocenters. The molecule has 140 valence electrons. The molecule has 0 aromatic heterocycles. The van der Waals surface area contributed by atoms with Crippen molar-refractivity contribution in [2.24, 2.45) is 5.73 Å². The fraction of sp³-hybridized carbons (Fsp3) is 0.300. The Morgan fingerprint density at radius 3 is 2.12 bits per heavy atom. The number of rotatable bonds is 7. The van der Waals surface area contributed by atoms with E-state index in [4.69, 9.17) is 5.73 Å². The van der Waals surface area contributed by atoms with E-state index in [9.17, 15) is 9.59 Å². The summed E-state index contributed by atoms with van der Waals surface area (Å²) in [5.41, 5.74) is 9.24. The maximum atomic E-state index is 12.3. The molecular weight excluding hydrogens is 350 g/mol. The number of hydrogen-bond donors (Lipinski definition) is 3. The highest BCUT2D eigenvalue weighted by molar-refractivity contribution is 5.96. The molecule has 0 aliphatic rings. The average Bonchev–Trinajstić information content (AvgIpc) is 2.59. The maximum Gasteiger partial charge on any atom is 0.226 e. The third-order valence-electron chi connectivity index (χ3n) is 3.99. The van der Waals surface area contributed by atoms with Gasteiger partial charge in [-0.1, -0.05) is 43.3 Å². The number of anilines is 2. The molecule has 0 saturated heterocycles. The first-order chi connectivity index (χ1) is 12.0. The van der Waals surface area contributed by atoms with Crippen LogP contribution in [0.1, 0.15) is 43.4 Å². The first-order valence-electron chi connectivity index (χ1n) is 8.51. The lowest BCUT2D eigenvalue weighted by Crippen LogP contribution is -2.21. The first kappa shape index (κ1) is 21.7. The molecule has 1 atom stereocenters. The summed E-state index contributed by atoms with van der Waals surface area (Å²) in [7, 11) is 0. The van der Waals surface area contributed by atoms with Gasteiger partial charge in [0.15, 0.2) is 0 Å². The van der Waals surface area contributed by atoms with Gasteiger partial charge in [0.2, 0.25) is 11.8 Å². The molecule has 0 bridgehead atoms. The molecule has 0 spiro atoms. The fourth-order valence-corrected chi connectivity index (χ4v) is 2.57. The predicted octanol–water partition coefficient (Wildman–Crippen LogP) is 4.18. The molecule has 6 heteroatoms. The van der Waals surface area contributed by atoms with Crippen molar-refractivity contribution in [3.63, 3.8) is 0 Å². The number of carbonyl (C=O) groups is 2. The van der Waals surface area contributed by atoms with Gasteiger partial charge < -0.3 is 16.4 Å². The Morgan fingerprint density at radius 2 is 1.54 bits per heavy atom. The molecule has 5 nitrogen and oxygen atoms in total. The van der Waals surface area contributed by atoms with Gasteiger partial charge in [-0.05, 0) is 36.6 Å². The van der Waals surface area contributed by atoms with E-state index in [0.717, 1.165) is 17.5 Å². The third kappa shape index (κ3) is 6.17. The van der Waals surface area contributed by atoms with Gasteiger partial charge in [-0.15, -0.1) is 12.4 Å². The second-order valence-corrected chi connectivity index (χ2v) is 6.05. The predicted molar refractivity (Wildman–Crippen MR) is 109 cm³/mol. The molecule has 2 aromatic carbocycles. The second kappa shape index (κ2) is 10.6. The van der Waals surface area contributed by atoms with Crippen molar-refractivity contribution in [2.45, 2.75) is 39.2 Å². The summed E-state index contributed by atoms with van der Waals surface area (Å²) < 4.78 is 0. The zero-order chi connectivity index (χ0) is 18.2. The maximum absolute atomic E-state index is 12.3. The highest BCUT2D eigenvalue weighted by atomic mass is 35.5. The van der Waals surface area contributed by atoms with Gasteiger partial charge in [0, 0.05) is 30.3 Å². The van der Waals surface area contributed by atoms with Crippen molar-refractivity contribution in [2.75, 3.05) is 10.6 Å². The summed E-state index contributed by atoms with van der Waals surface area (Å²) in [6.07, 6.45) is 1.45.